The summed E-state index contributed by atoms with van der Waals surface area (Å²) in [6, 6.07) is 0. The van der Waals surface area contributed by atoms with E-state index in [4.69, 9.17) is 10.5 Å². The predicted octanol–water partition coefficient (Wildman–Crippen LogP) is -3.19. The van der Waals surface area contributed by atoms with E-state index in [1.807, 2.05) is 6.08 Å². The second-order valence-corrected chi connectivity index (χ2v) is 3.79. The Balaban J connectivity index is -0.0000000368. The van der Waals surface area contributed by atoms with Crippen molar-refractivity contribution in [3.05, 3.63) is 29.5 Å². The van der Waals surface area contributed by atoms with Crippen LogP contribution in [-0.4, -0.2) is 15.4 Å². The third-order valence-corrected chi connectivity index (χ3v) is 0.872. The molecule has 91 valence electrons. The van der Waals surface area contributed by atoms with Crippen molar-refractivity contribution in [2.45, 2.75) is 33.4 Å². The molecule has 0 aliphatic heterocycles. The largest absolute Gasteiger partial charge is 4.00 e. The Labute approximate surface area is 133 Å². The maximum Gasteiger partial charge on any atom is 4.00 e. The van der Waals surface area contributed by atoms with E-state index >= 15 is 0 Å². The molecule has 0 fully saturated rings. The van der Waals surface area contributed by atoms with Gasteiger partial charge in [-0.15, -0.1) is 13.3 Å². The normalized spacial score (nSPS) is 9.62. The molecule has 0 aromatic carbocycles. The van der Waals surface area contributed by atoms with E-state index in [-0.39, 0.29) is 51.0 Å². The summed E-state index contributed by atoms with van der Waals surface area (Å²) in [6.45, 7) is 7.69. The van der Waals surface area contributed by atoms with Crippen LogP contribution in [0.3, 0.4) is 0 Å². The Hall–Kier alpha value is 0.630. The number of rotatable bonds is 0. The van der Waals surface area contributed by atoms with Crippen LogP contribution in [0.2, 0.25) is 13.1 Å². The molecule has 6 heteroatoms. The van der Waals surface area contributed by atoms with Gasteiger partial charge in [-0.1, -0.05) is 13.1 Å². The number of hydrogen-bond donors (Lipinski definition) is 0. The van der Waals surface area contributed by atoms with Crippen molar-refractivity contribution in [2.75, 3.05) is 0 Å². The molecule has 1 radical (unpaired) electrons. The van der Waals surface area contributed by atoms with E-state index in [0.29, 0.717) is 0 Å². The van der Waals surface area contributed by atoms with Crippen molar-refractivity contribution >= 4 is 15.4 Å². The van der Waals surface area contributed by atoms with Gasteiger partial charge in [-0.2, -0.15) is 6.08 Å². The van der Waals surface area contributed by atoms with Gasteiger partial charge in [0.1, 0.15) is 0 Å². The van der Waals surface area contributed by atoms with Gasteiger partial charge in [0.15, 0.2) is 0 Å². The maximum atomic E-state index is 9.11. The summed E-state index contributed by atoms with van der Waals surface area (Å²) in [5, 5.41) is 0. The van der Waals surface area contributed by atoms with Gasteiger partial charge in [0.05, 0.1) is 0 Å². The molecular formula is C10H18Cl2NOSiZr. The Bertz CT molecular complexity index is 193. The third-order valence-electron chi connectivity index (χ3n) is 0.872. The molecular weight excluding hydrogens is 340 g/mol. The second kappa shape index (κ2) is 24.7. The maximum absolute atomic E-state index is 9.11. The van der Waals surface area contributed by atoms with Gasteiger partial charge in [0, 0.05) is 15.4 Å². The summed E-state index contributed by atoms with van der Waals surface area (Å²) in [5.74, 6) is -0.583. The van der Waals surface area contributed by atoms with Crippen molar-refractivity contribution in [3.63, 3.8) is 0 Å². The molecule has 1 N–H and O–H groups in total. The van der Waals surface area contributed by atoms with Gasteiger partial charge in [0.2, 0.25) is 0 Å². The van der Waals surface area contributed by atoms with Crippen molar-refractivity contribution < 1.29 is 55.8 Å². The Kier molecular flexibility index (Phi) is 46.4. The van der Waals surface area contributed by atoms with Gasteiger partial charge in [0.25, 0.3) is 0 Å². The van der Waals surface area contributed by atoms with Crippen LogP contribution in [0.1, 0.15) is 20.3 Å². The van der Waals surface area contributed by atoms with Crippen molar-refractivity contribution in [3.8, 4) is 0 Å². The molecule has 0 aromatic heterocycles. The van der Waals surface area contributed by atoms with Crippen LogP contribution in [0.5, 0.6) is 0 Å². The van der Waals surface area contributed by atoms with Gasteiger partial charge < -0.3 is 35.3 Å². The molecule has 1 aliphatic rings. The first-order valence-electron chi connectivity index (χ1n) is 4.24. The van der Waals surface area contributed by atoms with E-state index in [0.717, 1.165) is 15.9 Å². The van der Waals surface area contributed by atoms with Crippen LogP contribution in [0.25, 0.3) is 5.73 Å². The molecule has 2 nitrogen and oxygen atoms in total. The van der Waals surface area contributed by atoms with Crippen LogP contribution in [-0.2, 0) is 31.0 Å². The van der Waals surface area contributed by atoms with Gasteiger partial charge in [-0.05, 0) is 6.92 Å². The third kappa shape index (κ3) is 46.7. The van der Waals surface area contributed by atoms with Crippen LogP contribution in [0.4, 0.5) is 0 Å². The summed E-state index contributed by atoms with van der Waals surface area (Å²) in [4.78, 5) is 9.11. The second-order valence-electron chi connectivity index (χ2n) is 2.63. The fraction of sp³-hybridized carbons (Fsp3) is 0.500. The van der Waals surface area contributed by atoms with E-state index in [1.54, 1.807) is 0 Å². The number of nitrogens with one attached hydrogen (secondary N) is 1. The summed E-state index contributed by atoms with van der Waals surface area (Å²) in [5.41, 5.74) is 7.29. The molecule has 16 heavy (non-hydrogen) atoms. The number of halogens is 2. The van der Waals surface area contributed by atoms with E-state index in [2.05, 4.69) is 32.2 Å². The molecule has 0 saturated heterocycles. The van der Waals surface area contributed by atoms with Crippen LogP contribution in [0, 0.1) is 6.08 Å². The van der Waals surface area contributed by atoms with Crippen LogP contribution in [0.15, 0.2) is 17.7 Å². The first-order valence-corrected chi connectivity index (χ1v) is 6.55. The monoisotopic (exact) mass is 356 g/mol. The van der Waals surface area contributed by atoms with Gasteiger partial charge >= 0.3 is 26.2 Å². The smallest absolute Gasteiger partial charge is 1.00 e. The van der Waals surface area contributed by atoms with Gasteiger partial charge in [-0.3, -0.25) is 6.08 Å². The molecule has 0 atom stereocenters. The molecule has 0 heterocycles. The standard InChI is InChI=1S/C6H7.C2H5NO.C2H7Si.2ClH.Zr/c1-6-4-2-3-5-6;1-2(3)4;1-3-2;;;/h4-5H,2H2,1H3;1H3,(H2,3,4);3H,1-2H3;2*1H;/q-1;;;;;+4/p-3. The molecule has 0 spiro atoms. The number of allylic oxidation sites excluding steroid dienone is 4. The zero-order chi connectivity index (χ0) is 10.7. The Morgan fingerprint density at radius 1 is 1.44 bits per heavy atom. The van der Waals surface area contributed by atoms with Crippen LogP contribution >= 0.6 is 0 Å². The van der Waals surface area contributed by atoms with Crippen molar-refractivity contribution in [1.82, 2.24) is 0 Å². The molecule has 1 aliphatic carbocycles. The molecule has 0 unspecified atom stereocenters. The van der Waals surface area contributed by atoms with Gasteiger partial charge in [-0.25, -0.2) is 11.6 Å². The molecule has 0 aromatic rings. The summed E-state index contributed by atoms with van der Waals surface area (Å²) in [7, 11) is 0.750. The van der Waals surface area contributed by atoms with Crippen molar-refractivity contribution in [1.29, 1.82) is 0 Å². The molecule has 1 rings (SSSR count). The number of amides is 1. The van der Waals surface area contributed by atoms with Crippen LogP contribution < -0.4 is 24.8 Å². The predicted molar refractivity (Wildman–Crippen MR) is 60.1 cm³/mol. The summed E-state index contributed by atoms with van der Waals surface area (Å²) < 4.78 is 0. The first-order chi connectivity index (χ1) is 6.04. The van der Waals surface area contributed by atoms with E-state index in [9.17, 15) is 0 Å². The van der Waals surface area contributed by atoms with E-state index in [1.165, 1.54) is 12.5 Å². The Morgan fingerprint density at radius 2 is 1.75 bits per heavy atom. The quantitative estimate of drug-likeness (QED) is 0.332. The fourth-order valence-corrected chi connectivity index (χ4v) is 0.499. The zero-order valence-electron chi connectivity index (χ0n) is 10.1. The van der Waals surface area contributed by atoms with E-state index < -0.39 is 5.91 Å². The SMILES string of the molecule is CC([NH-])=O.CC1=CC[C-]=C1.C[SiH]C.[Cl-].[Cl-].[Zr+4]. The first kappa shape index (κ1) is 30.0. The zero-order valence-corrected chi connectivity index (χ0v) is 15.2. The molecule has 0 saturated carbocycles. The minimum Gasteiger partial charge on any atom is -1.00 e. The summed E-state index contributed by atoms with van der Waals surface area (Å²) >= 11 is 0. The molecule has 0 bridgehead atoms. The topological polar surface area (TPSA) is 40.9 Å². The number of hydrogen-bond acceptors (Lipinski definition) is 1. The minimum atomic E-state index is -0.583. The Morgan fingerprint density at radius 3 is 1.81 bits per heavy atom. The number of carbonyl (C=O) groups excluding carboxylic acids is 1. The average Bonchev–Trinajstić information content (AvgIpc) is 2.39. The average molecular weight is 358 g/mol. The minimum absolute atomic E-state index is 0. The molecule has 1 amide bonds. The summed E-state index contributed by atoms with van der Waals surface area (Å²) in [6.07, 6.45) is 8.24. The fourth-order valence-electron chi connectivity index (χ4n) is 0.499. The number of carbonyl (C=O) groups is 1. The van der Waals surface area contributed by atoms with Crippen molar-refractivity contribution in [2.24, 2.45) is 0 Å².